The van der Waals surface area contributed by atoms with Gasteiger partial charge in [0.15, 0.2) is 11.5 Å². The molecule has 1 heterocycles. The maximum atomic E-state index is 13.5. The molecule has 0 aliphatic carbocycles. The van der Waals surface area contributed by atoms with Crippen LogP contribution in [0.25, 0.3) is 10.9 Å². The fraction of sp³-hybridized carbons (Fsp3) is 0.214. The maximum Gasteiger partial charge on any atom is 0.335 e. The third-order valence-corrected chi connectivity index (χ3v) is 6.74. The Morgan fingerprint density at radius 2 is 2.03 bits per heavy atom. The van der Waals surface area contributed by atoms with Gasteiger partial charge in [-0.05, 0) is 48.4 Å². The number of carboxylic acid groups (broad SMARTS) is 1. The van der Waals surface area contributed by atoms with Gasteiger partial charge in [0.2, 0.25) is 0 Å². The number of halogens is 2. The minimum absolute atomic E-state index is 0.0287. The first-order valence-electron chi connectivity index (χ1n) is 11.8. The van der Waals surface area contributed by atoms with Crippen molar-refractivity contribution in [1.29, 1.82) is 0 Å². The van der Waals surface area contributed by atoms with Gasteiger partial charge in [-0.25, -0.2) is 9.78 Å². The van der Waals surface area contributed by atoms with Crippen molar-refractivity contribution in [3.05, 3.63) is 97.0 Å². The molecular formula is C28H25BrClN3O5. The Kier molecular flexibility index (Phi) is 8.48. The highest BCUT2D eigenvalue weighted by Crippen LogP contribution is 2.34. The number of rotatable bonds is 9. The van der Waals surface area contributed by atoms with Crippen LogP contribution < -0.4 is 15.0 Å². The first-order valence-corrected chi connectivity index (χ1v) is 13.0. The molecule has 3 aromatic carbocycles. The van der Waals surface area contributed by atoms with Crippen LogP contribution >= 0.6 is 27.5 Å². The van der Waals surface area contributed by atoms with Gasteiger partial charge in [0, 0.05) is 27.0 Å². The number of hydrogen-bond acceptors (Lipinski definition) is 6. The summed E-state index contributed by atoms with van der Waals surface area (Å²) in [6.07, 6.45) is 2.24. The molecule has 0 aliphatic rings. The van der Waals surface area contributed by atoms with Crippen molar-refractivity contribution in [3.63, 3.8) is 0 Å². The lowest BCUT2D eigenvalue weighted by atomic mass is 10.1. The number of hydrogen-bond donors (Lipinski definition) is 1. The number of benzene rings is 3. The number of nitrogens with zero attached hydrogens (tertiary/aromatic N) is 3. The molecule has 0 bridgehead atoms. The van der Waals surface area contributed by atoms with E-state index in [1.165, 1.54) is 30.1 Å². The standard InChI is InChI=1S/C28H25BrClN3O5/c1-4-16(2)26-32-23-9-8-20(29)12-22(23)27(34)33(26)31-14-19-11-21(30)13-24(37-3)25(19)38-15-17-6-5-7-18(10-17)28(35)36/h5-14,16H,4,15H2,1-3H3,(H,35,36)/t16-/m1/s1. The Balaban J connectivity index is 1.79. The highest BCUT2D eigenvalue weighted by molar-refractivity contribution is 9.10. The summed E-state index contributed by atoms with van der Waals surface area (Å²) in [5, 5.41) is 14.6. The smallest absolute Gasteiger partial charge is 0.335 e. The topological polar surface area (TPSA) is 103 Å². The molecule has 38 heavy (non-hydrogen) atoms. The molecule has 1 atom stereocenters. The summed E-state index contributed by atoms with van der Waals surface area (Å²) in [6.45, 7) is 4.08. The lowest BCUT2D eigenvalue weighted by Crippen LogP contribution is -2.23. The normalized spacial score (nSPS) is 12.1. The molecular weight excluding hydrogens is 574 g/mol. The van der Waals surface area contributed by atoms with E-state index in [4.69, 9.17) is 26.1 Å². The van der Waals surface area contributed by atoms with Crippen LogP contribution in [0, 0.1) is 0 Å². The van der Waals surface area contributed by atoms with Gasteiger partial charge in [-0.2, -0.15) is 9.78 Å². The molecule has 0 aliphatic heterocycles. The summed E-state index contributed by atoms with van der Waals surface area (Å²) in [6, 6.07) is 15.1. The molecule has 0 radical (unpaired) electrons. The van der Waals surface area contributed by atoms with E-state index in [0.29, 0.717) is 44.4 Å². The highest BCUT2D eigenvalue weighted by atomic mass is 79.9. The Hall–Kier alpha value is -3.69. The SMILES string of the molecule is CC[C@@H](C)c1nc2ccc(Br)cc2c(=O)n1N=Cc1cc(Cl)cc(OC)c1OCc1cccc(C(=O)O)c1. The van der Waals surface area contributed by atoms with Crippen molar-refractivity contribution in [2.24, 2.45) is 5.10 Å². The fourth-order valence-electron chi connectivity index (χ4n) is 3.84. The zero-order chi connectivity index (χ0) is 27.4. The molecule has 8 nitrogen and oxygen atoms in total. The van der Waals surface area contributed by atoms with Gasteiger partial charge in [0.05, 0.1) is 29.8 Å². The van der Waals surface area contributed by atoms with Crippen molar-refractivity contribution in [2.45, 2.75) is 32.8 Å². The lowest BCUT2D eigenvalue weighted by Gasteiger charge is -2.16. The first kappa shape index (κ1) is 27.3. The van der Waals surface area contributed by atoms with Crippen LogP contribution in [0.2, 0.25) is 5.02 Å². The molecule has 0 amide bonds. The number of aromatic nitrogens is 2. The Morgan fingerprint density at radius 3 is 2.74 bits per heavy atom. The monoisotopic (exact) mass is 597 g/mol. The van der Waals surface area contributed by atoms with Crippen molar-refractivity contribution in [3.8, 4) is 11.5 Å². The second kappa shape index (κ2) is 11.8. The number of aromatic carboxylic acids is 1. The Morgan fingerprint density at radius 1 is 1.24 bits per heavy atom. The maximum absolute atomic E-state index is 13.5. The van der Waals surface area contributed by atoms with Gasteiger partial charge in [-0.1, -0.05) is 53.5 Å². The van der Waals surface area contributed by atoms with Gasteiger partial charge >= 0.3 is 5.97 Å². The molecule has 0 saturated heterocycles. The van der Waals surface area contributed by atoms with Crippen LogP contribution in [0.5, 0.6) is 11.5 Å². The third kappa shape index (κ3) is 5.89. The first-order chi connectivity index (χ1) is 18.2. The number of carboxylic acids is 1. The van der Waals surface area contributed by atoms with Crippen molar-refractivity contribution >= 4 is 50.6 Å². The van der Waals surface area contributed by atoms with Gasteiger partial charge < -0.3 is 14.6 Å². The number of ether oxygens (including phenoxy) is 2. The fourth-order valence-corrected chi connectivity index (χ4v) is 4.42. The zero-order valence-corrected chi connectivity index (χ0v) is 23.3. The quantitative estimate of drug-likeness (QED) is 0.221. The molecule has 0 unspecified atom stereocenters. The second-order valence-electron chi connectivity index (χ2n) is 8.62. The Bertz CT molecular complexity index is 1600. The number of methoxy groups -OCH3 is 1. The lowest BCUT2D eigenvalue weighted by molar-refractivity contribution is 0.0696. The highest BCUT2D eigenvalue weighted by Gasteiger charge is 2.17. The molecule has 4 aromatic rings. The predicted octanol–water partition coefficient (Wildman–Crippen LogP) is 6.49. The van der Waals surface area contributed by atoms with E-state index in [2.05, 4.69) is 21.0 Å². The van der Waals surface area contributed by atoms with Gasteiger partial charge in [-0.3, -0.25) is 4.79 Å². The van der Waals surface area contributed by atoms with Gasteiger partial charge in [-0.15, -0.1) is 0 Å². The van der Waals surface area contributed by atoms with Crippen LogP contribution in [0.1, 0.15) is 53.5 Å². The van der Waals surface area contributed by atoms with E-state index in [0.717, 1.165) is 10.9 Å². The van der Waals surface area contributed by atoms with Crippen LogP contribution in [-0.4, -0.2) is 34.1 Å². The van der Waals surface area contributed by atoms with Crippen molar-refractivity contribution < 1.29 is 19.4 Å². The summed E-state index contributed by atoms with van der Waals surface area (Å²) in [5.41, 5.74) is 1.58. The predicted molar refractivity (Wildman–Crippen MR) is 151 cm³/mol. The van der Waals surface area contributed by atoms with E-state index < -0.39 is 5.97 Å². The molecule has 0 saturated carbocycles. The molecule has 0 spiro atoms. The van der Waals surface area contributed by atoms with E-state index in [1.807, 2.05) is 19.9 Å². The van der Waals surface area contributed by atoms with E-state index in [-0.39, 0.29) is 23.6 Å². The summed E-state index contributed by atoms with van der Waals surface area (Å²) in [7, 11) is 1.49. The van der Waals surface area contributed by atoms with E-state index in [9.17, 15) is 14.7 Å². The third-order valence-electron chi connectivity index (χ3n) is 6.02. The Labute approximate surface area is 232 Å². The number of carbonyl (C=O) groups is 1. The summed E-state index contributed by atoms with van der Waals surface area (Å²) in [4.78, 5) is 29.5. The van der Waals surface area contributed by atoms with E-state index in [1.54, 1.807) is 36.4 Å². The molecule has 10 heteroatoms. The molecule has 4 rings (SSSR count). The molecule has 0 fully saturated rings. The van der Waals surface area contributed by atoms with Gasteiger partial charge in [0.25, 0.3) is 5.56 Å². The number of fused-ring (bicyclic) bond motifs is 1. The van der Waals surface area contributed by atoms with Crippen LogP contribution in [-0.2, 0) is 6.61 Å². The summed E-state index contributed by atoms with van der Waals surface area (Å²) >= 11 is 9.76. The van der Waals surface area contributed by atoms with E-state index >= 15 is 0 Å². The van der Waals surface area contributed by atoms with Crippen molar-refractivity contribution in [1.82, 2.24) is 9.66 Å². The average molecular weight is 599 g/mol. The van der Waals surface area contributed by atoms with Crippen LogP contribution in [0.15, 0.2) is 69.0 Å². The minimum atomic E-state index is -1.03. The minimum Gasteiger partial charge on any atom is -0.493 e. The average Bonchev–Trinajstić information content (AvgIpc) is 2.91. The summed E-state index contributed by atoms with van der Waals surface area (Å²) in [5.74, 6) is 0.186. The van der Waals surface area contributed by atoms with Crippen molar-refractivity contribution in [2.75, 3.05) is 7.11 Å². The van der Waals surface area contributed by atoms with Gasteiger partial charge in [0.1, 0.15) is 12.4 Å². The largest absolute Gasteiger partial charge is 0.493 e. The zero-order valence-electron chi connectivity index (χ0n) is 20.9. The van der Waals surface area contributed by atoms with Crippen LogP contribution in [0.3, 0.4) is 0 Å². The summed E-state index contributed by atoms with van der Waals surface area (Å²) < 4.78 is 13.6. The second-order valence-corrected chi connectivity index (χ2v) is 9.98. The van der Waals surface area contributed by atoms with Crippen LogP contribution in [0.4, 0.5) is 0 Å². The molecule has 1 N–H and O–H groups in total. The molecule has 196 valence electrons. The molecule has 1 aromatic heterocycles.